The van der Waals surface area contributed by atoms with Crippen LogP contribution in [0, 0.1) is 5.82 Å². The van der Waals surface area contributed by atoms with Gasteiger partial charge in [0, 0.05) is 13.1 Å². The number of rotatable bonds is 8. The van der Waals surface area contributed by atoms with Crippen molar-refractivity contribution in [2.24, 2.45) is 0 Å². The van der Waals surface area contributed by atoms with E-state index in [1.54, 1.807) is 13.8 Å². The first-order valence-corrected chi connectivity index (χ1v) is 9.82. The zero-order valence-corrected chi connectivity index (χ0v) is 16.4. The van der Waals surface area contributed by atoms with Crippen LogP contribution in [0.1, 0.15) is 40.5 Å². The lowest BCUT2D eigenvalue weighted by Crippen LogP contribution is -2.30. The third kappa shape index (κ3) is 4.57. The molecule has 0 bridgehead atoms. The van der Waals surface area contributed by atoms with Gasteiger partial charge in [0.25, 0.3) is 0 Å². The van der Waals surface area contributed by atoms with Crippen molar-refractivity contribution in [2.75, 3.05) is 20.2 Å². The summed E-state index contributed by atoms with van der Waals surface area (Å²) in [5.41, 5.74) is -0.520. The number of furan rings is 1. The first kappa shape index (κ1) is 21.6. The number of hydrogen-bond acceptors (Lipinski definition) is 7. The lowest BCUT2D eigenvalue weighted by Gasteiger charge is -2.18. The Morgan fingerprint density at radius 3 is 2.39 bits per heavy atom. The van der Waals surface area contributed by atoms with Gasteiger partial charge in [0.2, 0.25) is 15.8 Å². The molecule has 28 heavy (non-hydrogen) atoms. The minimum absolute atomic E-state index is 0.0768. The van der Waals surface area contributed by atoms with E-state index in [1.807, 2.05) is 0 Å². The van der Waals surface area contributed by atoms with Crippen LogP contribution in [0.15, 0.2) is 39.6 Å². The standard InChI is InChI=1S/C18H20FNO7S/c1-4-20(5-2)28(23,24)13-7-8-15(19)14(10-13)17(21)26-11-12-6-9-16(27-12)18(22)25-3/h6-10H,4-5,11H2,1-3H3. The number of benzene rings is 1. The molecule has 0 saturated carbocycles. The number of hydrogen-bond donors (Lipinski definition) is 0. The Kier molecular flexibility index (Phi) is 6.92. The molecule has 2 aromatic rings. The van der Waals surface area contributed by atoms with E-state index in [1.165, 1.54) is 23.5 Å². The van der Waals surface area contributed by atoms with Crippen LogP contribution in [0.25, 0.3) is 0 Å². The van der Waals surface area contributed by atoms with E-state index in [-0.39, 0.29) is 36.1 Å². The highest BCUT2D eigenvalue weighted by molar-refractivity contribution is 7.89. The van der Waals surface area contributed by atoms with Crippen molar-refractivity contribution in [3.63, 3.8) is 0 Å². The SMILES string of the molecule is CCN(CC)S(=O)(=O)c1ccc(F)c(C(=O)OCc2ccc(C(=O)OC)o2)c1. The van der Waals surface area contributed by atoms with Crippen LogP contribution in [-0.4, -0.2) is 44.9 Å². The van der Waals surface area contributed by atoms with Gasteiger partial charge in [0.15, 0.2) is 0 Å². The molecule has 0 saturated heterocycles. The minimum Gasteiger partial charge on any atom is -0.463 e. The van der Waals surface area contributed by atoms with Crippen molar-refractivity contribution in [1.29, 1.82) is 0 Å². The van der Waals surface area contributed by atoms with Crippen LogP contribution in [0.3, 0.4) is 0 Å². The van der Waals surface area contributed by atoms with E-state index >= 15 is 0 Å². The summed E-state index contributed by atoms with van der Waals surface area (Å²) >= 11 is 0. The van der Waals surface area contributed by atoms with E-state index in [2.05, 4.69) is 4.74 Å². The molecule has 0 atom stereocenters. The van der Waals surface area contributed by atoms with Crippen molar-refractivity contribution >= 4 is 22.0 Å². The second-order valence-corrected chi connectivity index (χ2v) is 7.50. The topological polar surface area (TPSA) is 103 Å². The fourth-order valence-corrected chi connectivity index (χ4v) is 3.90. The van der Waals surface area contributed by atoms with Crippen molar-refractivity contribution in [3.05, 3.63) is 53.2 Å². The largest absolute Gasteiger partial charge is 0.463 e. The van der Waals surface area contributed by atoms with E-state index in [0.29, 0.717) is 0 Å². The maximum Gasteiger partial charge on any atom is 0.373 e. The second kappa shape index (κ2) is 8.98. The van der Waals surface area contributed by atoms with Gasteiger partial charge >= 0.3 is 11.9 Å². The maximum absolute atomic E-state index is 14.1. The highest BCUT2D eigenvalue weighted by Crippen LogP contribution is 2.20. The molecule has 0 radical (unpaired) electrons. The number of esters is 2. The Morgan fingerprint density at radius 1 is 1.11 bits per heavy atom. The summed E-state index contributed by atoms with van der Waals surface area (Å²) in [5.74, 6) is -2.62. The van der Waals surface area contributed by atoms with E-state index in [9.17, 15) is 22.4 Å². The molecular formula is C18H20FNO7S. The van der Waals surface area contributed by atoms with Crippen LogP contribution in [0.4, 0.5) is 4.39 Å². The predicted molar refractivity (Wildman–Crippen MR) is 95.7 cm³/mol. The summed E-state index contributed by atoms with van der Waals surface area (Å²) < 4.78 is 54.9. The van der Waals surface area contributed by atoms with Crippen molar-refractivity contribution < 1.29 is 36.3 Å². The molecule has 0 spiro atoms. The van der Waals surface area contributed by atoms with Crippen molar-refractivity contribution in [3.8, 4) is 0 Å². The highest BCUT2D eigenvalue weighted by atomic mass is 32.2. The maximum atomic E-state index is 14.1. The molecule has 0 amide bonds. The normalized spacial score (nSPS) is 11.5. The highest BCUT2D eigenvalue weighted by Gasteiger charge is 2.25. The third-order valence-electron chi connectivity index (χ3n) is 3.89. The summed E-state index contributed by atoms with van der Waals surface area (Å²) in [7, 11) is -2.67. The molecule has 1 aromatic carbocycles. The van der Waals surface area contributed by atoms with Crippen molar-refractivity contribution in [1.82, 2.24) is 4.31 Å². The summed E-state index contributed by atoms with van der Waals surface area (Å²) in [4.78, 5) is 23.3. The molecule has 2 rings (SSSR count). The molecule has 8 nitrogen and oxygen atoms in total. The number of nitrogens with zero attached hydrogens (tertiary/aromatic N) is 1. The van der Waals surface area contributed by atoms with Gasteiger partial charge in [-0.15, -0.1) is 0 Å². The van der Waals surface area contributed by atoms with E-state index < -0.39 is 33.3 Å². The van der Waals surface area contributed by atoms with E-state index in [4.69, 9.17) is 9.15 Å². The van der Waals surface area contributed by atoms with Crippen LogP contribution < -0.4 is 0 Å². The Balaban J connectivity index is 2.19. The van der Waals surface area contributed by atoms with Gasteiger partial charge in [-0.2, -0.15) is 4.31 Å². The van der Waals surface area contributed by atoms with Crippen LogP contribution in [-0.2, 0) is 26.1 Å². The predicted octanol–water partition coefficient (Wildman–Crippen LogP) is 2.59. The Hall–Kier alpha value is -2.72. The number of carbonyl (C=O) groups excluding carboxylic acids is 2. The average Bonchev–Trinajstić information content (AvgIpc) is 3.15. The summed E-state index contributed by atoms with van der Waals surface area (Å²) in [5, 5.41) is 0. The molecule has 10 heteroatoms. The van der Waals surface area contributed by atoms with Gasteiger partial charge in [-0.3, -0.25) is 0 Å². The molecular weight excluding hydrogens is 393 g/mol. The Labute approximate surface area is 161 Å². The quantitative estimate of drug-likeness (QED) is 0.613. The molecule has 0 fully saturated rings. The zero-order chi connectivity index (χ0) is 20.9. The first-order valence-electron chi connectivity index (χ1n) is 8.38. The second-order valence-electron chi connectivity index (χ2n) is 5.56. The Bertz CT molecular complexity index is 964. The number of carbonyl (C=O) groups is 2. The zero-order valence-electron chi connectivity index (χ0n) is 15.6. The van der Waals surface area contributed by atoms with Gasteiger partial charge in [-0.1, -0.05) is 13.8 Å². The smallest absolute Gasteiger partial charge is 0.373 e. The number of halogens is 1. The molecule has 152 valence electrons. The molecule has 0 unspecified atom stereocenters. The van der Waals surface area contributed by atoms with Gasteiger partial charge in [-0.05, 0) is 30.3 Å². The van der Waals surface area contributed by atoms with Crippen molar-refractivity contribution in [2.45, 2.75) is 25.3 Å². The fourth-order valence-electron chi connectivity index (χ4n) is 2.41. The molecule has 0 aliphatic rings. The number of ether oxygens (including phenoxy) is 2. The number of methoxy groups -OCH3 is 1. The van der Waals surface area contributed by atoms with E-state index in [0.717, 1.165) is 18.2 Å². The first-order chi connectivity index (χ1) is 13.2. The molecule has 1 aromatic heterocycles. The number of sulfonamides is 1. The fraction of sp³-hybridized carbons (Fsp3) is 0.333. The van der Waals surface area contributed by atoms with Crippen LogP contribution >= 0.6 is 0 Å². The van der Waals surface area contributed by atoms with Gasteiger partial charge in [-0.25, -0.2) is 22.4 Å². The summed E-state index contributed by atoms with van der Waals surface area (Å²) in [6, 6.07) is 5.67. The minimum atomic E-state index is -3.86. The molecule has 0 aliphatic heterocycles. The van der Waals surface area contributed by atoms with Gasteiger partial charge < -0.3 is 13.9 Å². The molecule has 1 heterocycles. The Morgan fingerprint density at radius 2 is 1.79 bits per heavy atom. The monoisotopic (exact) mass is 413 g/mol. The van der Waals surface area contributed by atoms with Crippen LogP contribution in [0.2, 0.25) is 0 Å². The lowest BCUT2D eigenvalue weighted by atomic mass is 10.2. The molecule has 0 N–H and O–H groups in total. The summed E-state index contributed by atoms with van der Waals surface area (Å²) in [6.07, 6.45) is 0. The van der Waals surface area contributed by atoms with Gasteiger partial charge in [0.05, 0.1) is 17.6 Å². The average molecular weight is 413 g/mol. The van der Waals surface area contributed by atoms with Crippen LogP contribution in [0.5, 0.6) is 0 Å². The lowest BCUT2D eigenvalue weighted by molar-refractivity contribution is 0.0433. The summed E-state index contributed by atoms with van der Waals surface area (Å²) in [6.45, 7) is 3.44. The molecule has 0 aliphatic carbocycles. The third-order valence-corrected chi connectivity index (χ3v) is 5.94. The van der Waals surface area contributed by atoms with Gasteiger partial charge in [0.1, 0.15) is 18.2 Å².